The van der Waals surface area contributed by atoms with Gasteiger partial charge in [-0.25, -0.2) is 4.98 Å². The van der Waals surface area contributed by atoms with Gasteiger partial charge in [-0.1, -0.05) is 0 Å². The summed E-state index contributed by atoms with van der Waals surface area (Å²) in [6, 6.07) is 6.42. The van der Waals surface area contributed by atoms with Gasteiger partial charge in [0.05, 0.1) is 17.4 Å². The van der Waals surface area contributed by atoms with Crippen LogP contribution in [0.15, 0.2) is 46.5 Å². The average Bonchev–Trinajstić information content (AvgIpc) is 3.46. The lowest BCUT2D eigenvalue weighted by Crippen LogP contribution is -2.30. The van der Waals surface area contributed by atoms with Crippen molar-refractivity contribution in [2.45, 2.75) is 70.0 Å². The number of hydrogen-bond donors (Lipinski definition) is 3. The van der Waals surface area contributed by atoms with E-state index in [0.29, 0.717) is 23.1 Å². The molecule has 1 fully saturated rings. The minimum Gasteiger partial charge on any atom is -0.380 e. The van der Waals surface area contributed by atoms with Gasteiger partial charge >= 0.3 is 0 Å². The molecule has 3 N–H and O–H groups in total. The maximum Gasteiger partial charge on any atom is 0.254 e. The molecule has 4 heterocycles. The average molecular weight is 548 g/mol. The predicted octanol–water partition coefficient (Wildman–Crippen LogP) is 4.96. The number of nitrogens with one attached hydrogen (secondary N) is 3. The second-order valence-corrected chi connectivity index (χ2v) is 11.5. The Kier molecular flexibility index (Phi) is 7.83. The number of carbonyl (C=O) groups excluding carboxylic acids is 1. The monoisotopic (exact) mass is 547 g/mol. The minimum absolute atomic E-state index is 0.164. The first kappa shape index (κ1) is 27.1. The van der Waals surface area contributed by atoms with E-state index in [9.17, 15) is 9.59 Å². The number of rotatable bonds is 8. The number of fused-ring (bicyclic) bond motifs is 1. The van der Waals surface area contributed by atoms with E-state index < -0.39 is 0 Å². The molecule has 10 heteroatoms. The Hall–Kier alpha value is -3.53. The van der Waals surface area contributed by atoms with Gasteiger partial charge in [-0.15, -0.1) is 11.8 Å². The van der Waals surface area contributed by atoms with E-state index in [4.69, 9.17) is 4.98 Å². The molecule has 0 bridgehead atoms. The van der Waals surface area contributed by atoms with Crippen LogP contribution < -0.4 is 16.2 Å². The first-order valence-corrected chi connectivity index (χ1v) is 14.7. The maximum atomic E-state index is 13.6. The number of aromatic amines is 1. The molecule has 1 unspecified atom stereocenters. The summed E-state index contributed by atoms with van der Waals surface area (Å²) in [6.07, 6.45) is 12.0. The van der Waals surface area contributed by atoms with E-state index in [2.05, 4.69) is 32.2 Å². The number of thioether (sulfide) groups is 1. The zero-order valence-corrected chi connectivity index (χ0v) is 24.1. The Morgan fingerprint density at radius 3 is 2.72 bits per heavy atom. The molecule has 4 aromatic rings. The van der Waals surface area contributed by atoms with Crippen LogP contribution >= 0.6 is 11.8 Å². The molecule has 0 saturated heterocycles. The van der Waals surface area contributed by atoms with Crippen LogP contribution in [0, 0.1) is 19.8 Å². The van der Waals surface area contributed by atoms with Gasteiger partial charge in [0.2, 0.25) is 0 Å². The van der Waals surface area contributed by atoms with Crippen molar-refractivity contribution in [3.05, 3.63) is 69.7 Å². The van der Waals surface area contributed by atoms with Crippen molar-refractivity contribution in [3.63, 3.8) is 0 Å². The van der Waals surface area contributed by atoms with E-state index in [1.165, 1.54) is 11.8 Å². The van der Waals surface area contributed by atoms with Crippen LogP contribution in [-0.2, 0) is 13.6 Å². The number of anilines is 1. The summed E-state index contributed by atoms with van der Waals surface area (Å²) in [7, 11) is 1.93. The Morgan fingerprint density at radius 2 is 2.03 bits per heavy atom. The van der Waals surface area contributed by atoms with Crippen LogP contribution in [0.2, 0.25) is 0 Å². The topological polar surface area (TPSA) is 110 Å². The third-order valence-corrected chi connectivity index (χ3v) is 8.85. The number of amides is 1. The van der Waals surface area contributed by atoms with E-state index >= 15 is 0 Å². The number of pyridine rings is 2. The van der Waals surface area contributed by atoms with E-state index in [1.807, 2.05) is 62.4 Å². The fourth-order valence-electron chi connectivity index (χ4n) is 6.02. The first-order chi connectivity index (χ1) is 18.8. The van der Waals surface area contributed by atoms with Crippen molar-refractivity contribution < 1.29 is 4.79 Å². The first-order valence-electron chi connectivity index (χ1n) is 13.5. The normalized spacial score (nSPS) is 18.3. The van der Waals surface area contributed by atoms with Crippen LogP contribution in [0.1, 0.15) is 66.0 Å². The van der Waals surface area contributed by atoms with Crippen LogP contribution in [0.4, 0.5) is 5.69 Å². The van der Waals surface area contributed by atoms with Gasteiger partial charge in [0, 0.05) is 65.3 Å². The minimum atomic E-state index is -0.187. The highest BCUT2D eigenvalue weighted by Crippen LogP contribution is 2.38. The molecule has 1 atom stereocenters. The summed E-state index contributed by atoms with van der Waals surface area (Å²) in [6.45, 7) is 6.29. The van der Waals surface area contributed by atoms with Gasteiger partial charge in [-0.3, -0.25) is 14.3 Å². The predicted molar refractivity (Wildman–Crippen MR) is 157 cm³/mol. The standard InChI is InChI=1S/C29H37N7O2S/c1-17-13-25(39-5)24(28(37)33-17)15-31-29(38)26-19(3)36(27-23(26)7-6-12-30-27)18(2)20-8-10-21(11-9-20)34-22-14-32-35(4)16-22/h6-7,12-14,16,18,20-21,34H,8-11,15H2,1-5H3,(H,31,38)(H,33,37). The highest BCUT2D eigenvalue weighted by atomic mass is 32.2. The fourth-order valence-corrected chi connectivity index (χ4v) is 6.73. The van der Waals surface area contributed by atoms with Crippen molar-refractivity contribution in [2.24, 2.45) is 13.0 Å². The van der Waals surface area contributed by atoms with E-state index in [1.54, 1.807) is 6.20 Å². The zero-order chi connectivity index (χ0) is 27.7. The number of H-pyrrole nitrogens is 1. The lowest BCUT2D eigenvalue weighted by molar-refractivity contribution is 0.0951. The summed E-state index contributed by atoms with van der Waals surface area (Å²) < 4.78 is 4.06. The van der Waals surface area contributed by atoms with Crippen molar-refractivity contribution in [1.82, 2.24) is 29.6 Å². The van der Waals surface area contributed by atoms with Crippen molar-refractivity contribution in [2.75, 3.05) is 11.6 Å². The molecule has 206 valence electrons. The Balaban J connectivity index is 1.35. The van der Waals surface area contributed by atoms with Gasteiger partial charge < -0.3 is 20.2 Å². The fraction of sp³-hybridized carbons (Fsp3) is 0.448. The molecule has 0 radical (unpaired) electrons. The Bertz CT molecular complexity index is 1540. The molecule has 0 spiro atoms. The van der Waals surface area contributed by atoms with Crippen molar-refractivity contribution in [1.29, 1.82) is 0 Å². The van der Waals surface area contributed by atoms with Crippen LogP contribution in [0.5, 0.6) is 0 Å². The van der Waals surface area contributed by atoms with Crippen LogP contribution in [-0.4, -0.2) is 42.5 Å². The summed E-state index contributed by atoms with van der Waals surface area (Å²) in [5.41, 5.74) is 4.66. The molecule has 1 aliphatic carbocycles. The number of hydrogen-bond acceptors (Lipinski definition) is 6. The molecule has 1 saturated carbocycles. The lowest BCUT2D eigenvalue weighted by atomic mass is 9.82. The third kappa shape index (κ3) is 5.48. The SMILES string of the molecule is CSc1cc(C)[nH]c(=O)c1CNC(=O)c1c(C)n(C(C)C2CCC(Nc3cnn(C)c3)CC2)c2ncccc12. The summed E-state index contributed by atoms with van der Waals surface area (Å²) in [5.74, 6) is 0.298. The number of nitrogens with zero attached hydrogens (tertiary/aromatic N) is 4. The molecule has 1 amide bonds. The molecule has 5 rings (SSSR count). The summed E-state index contributed by atoms with van der Waals surface area (Å²) >= 11 is 1.51. The molecule has 0 aliphatic heterocycles. The van der Waals surface area contributed by atoms with Gasteiger partial charge in [0.1, 0.15) is 5.65 Å². The number of aryl methyl sites for hydroxylation is 2. The molecular formula is C29H37N7O2S. The summed E-state index contributed by atoms with van der Waals surface area (Å²) in [5, 5.41) is 11.7. The van der Waals surface area contributed by atoms with E-state index in [0.717, 1.165) is 58.7 Å². The molecule has 1 aliphatic rings. The van der Waals surface area contributed by atoms with Crippen LogP contribution in [0.3, 0.4) is 0 Å². The maximum absolute atomic E-state index is 13.6. The second kappa shape index (κ2) is 11.3. The highest BCUT2D eigenvalue weighted by Gasteiger charge is 2.30. The van der Waals surface area contributed by atoms with Crippen molar-refractivity contribution >= 4 is 34.4 Å². The molecule has 39 heavy (non-hydrogen) atoms. The van der Waals surface area contributed by atoms with Gasteiger partial charge in [-0.2, -0.15) is 5.10 Å². The largest absolute Gasteiger partial charge is 0.380 e. The van der Waals surface area contributed by atoms with Gasteiger partial charge in [-0.05, 0) is 76.8 Å². The van der Waals surface area contributed by atoms with Gasteiger partial charge in [0.15, 0.2) is 0 Å². The third-order valence-electron chi connectivity index (χ3n) is 8.05. The van der Waals surface area contributed by atoms with Crippen molar-refractivity contribution in [3.8, 4) is 0 Å². The quantitative estimate of drug-likeness (QED) is 0.269. The molecular weight excluding hydrogens is 510 g/mol. The Morgan fingerprint density at radius 1 is 1.26 bits per heavy atom. The molecule has 4 aromatic heterocycles. The molecule has 9 nitrogen and oxygen atoms in total. The summed E-state index contributed by atoms with van der Waals surface area (Å²) in [4.78, 5) is 34.6. The second-order valence-electron chi connectivity index (χ2n) is 10.6. The molecule has 0 aromatic carbocycles. The number of aromatic nitrogens is 5. The van der Waals surface area contributed by atoms with Crippen LogP contribution in [0.25, 0.3) is 11.0 Å². The Labute approximate surface area is 232 Å². The van der Waals surface area contributed by atoms with E-state index in [-0.39, 0.29) is 24.1 Å². The zero-order valence-electron chi connectivity index (χ0n) is 23.2. The number of carbonyl (C=O) groups is 1. The highest BCUT2D eigenvalue weighted by molar-refractivity contribution is 7.98. The van der Waals surface area contributed by atoms with Gasteiger partial charge in [0.25, 0.3) is 11.5 Å². The smallest absolute Gasteiger partial charge is 0.254 e. The lowest BCUT2D eigenvalue weighted by Gasteiger charge is -2.34.